The lowest BCUT2D eigenvalue weighted by molar-refractivity contribution is 0.336. The Kier molecular flexibility index (Phi) is 4.93. The van der Waals surface area contributed by atoms with Crippen molar-refractivity contribution < 1.29 is 13.2 Å². The van der Waals surface area contributed by atoms with Crippen LogP contribution in [0, 0.1) is 6.92 Å². The fourth-order valence-corrected chi connectivity index (χ4v) is 3.02. The highest BCUT2D eigenvalue weighted by Crippen LogP contribution is 2.16. The van der Waals surface area contributed by atoms with E-state index >= 15 is 0 Å². The van der Waals surface area contributed by atoms with Crippen LogP contribution in [0.5, 0.6) is 5.75 Å². The molecule has 0 atom stereocenters. The summed E-state index contributed by atoms with van der Waals surface area (Å²) in [5.41, 5.74) is 7.06. The average molecular weight is 306 g/mol. The fourth-order valence-electron chi connectivity index (χ4n) is 1.87. The molecule has 2 rings (SSSR count). The van der Waals surface area contributed by atoms with Crippen LogP contribution < -0.4 is 10.5 Å². The van der Waals surface area contributed by atoms with E-state index in [0.717, 1.165) is 11.3 Å². The standard InChI is InChI=1S/C15H18N2O3S/c1-12-15(6-3-7-17-12)20-8-9-21(18,19)14-5-2-4-13(10-14)11-16/h2-7,10H,8-9,11,16H2,1H3. The fraction of sp³-hybridized carbons (Fsp3) is 0.267. The van der Waals surface area contributed by atoms with Crippen molar-refractivity contribution >= 4 is 9.84 Å². The zero-order valence-electron chi connectivity index (χ0n) is 11.8. The second kappa shape index (κ2) is 6.69. The molecule has 1 aromatic heterocycles. The minimum absolute atomic E-state index is 0.0850. The highest BCUT2D eigenvalue weighted by atomic mass is 32.2. The highest BCUT2D eigenvalue weighted by Gasteiger charge is 2.15. The Hall–Kier alpha value is -1.92. The van der Waals surface area contributed by atoms with Gasteiger partial charge in [0.1, 0.15) is 12.4 Å². The van der Waals surface area contributed by atoms with Crippen molar-refractivity contribution in [2.24, 2.45) is 5.73 Å². The molecular formula is C15H18N2O3S. The maximum absolute atomic E-state index is 12.2. The van der Waals surface area contributed by atoms with Crippen LogP contribution in [-0.2, 0) is 16.4 Å². The largest absolute Gasteiger partial charge is 0.491 e. The van der Waals surface area contributed by atoms with E-state index in [1.54, 1.807) is 42.6 Å². The predicted molar refractivity (Wildman–Crippen MR) is 80.9 cm³/mol. The zero-order chi connectivity index (χ0) is 15.3. The molecule has 21 heavy (non-hydrogen) atoms. The molecule has 5 nitrogen and oxygen atoms in total. The Morgan fingerprint density at radius 2 is 2.05 bits per heavy atom. The number of benzene rings is 1. The summed E-state index contributed by atoms with van der Waals surface area (Å²) in [4.78, 5) is 4.36. The smallest absolute Gasteiger partial charge is 0.181 e. The highest BCUT2D eigenvalue weighted by molar-refractivity contribution is 7.91. The van der Waals surface area contributed by atoms with Gasteiger partial charge in [-0.25, -0.2) is 8.42 Å². The molecule has 2 aromatic rings. The molecule has 0 aliphatic carbocycles. The van der Waals surface area contributed by atoms with Crippen LogP contribution in [0.1, 0.15) is 11.3 Å². The molecule has 0 bridgehead atoms. The summed E-state index contributed by atoms with van der Waals surface area (Å²) >= 11 is 0. The van der Waals surface area contributed by atoms with Gasteiger partial charge in [-0.1, -0.05) is 12.1 Å². The SMILES string of the molecule is Cc1ncccc1OCCS(=O)(=O)c1cccc(CN)c1. The minimum Gasteiger partial charge on any atom is -0.491 e. The number of hydrogen-bond donors (Lipinski definition) is 1. The number of sulfone groups is 1. The number of aryl methyl sites for hydroxylation is 1. The minimum atomic E-state index is -3.38. The second-order valence-corrected chi connectivity index (χ2v) is 6.71. The third-order valence-corrected chi connectivity index (χ3v) is 4.74. The number of rotatable bonds is 6. The van der Waals surface area contributed by atoms with Crippen molar-refractivity contribution in [1.29, 1.82) is 0 Å². The first-order chi connectivity index (χ1) is 10.0. The Morgan fingerprint density at radius 1 is 1.24 bits per heavy atom. The summed E-state index contributed by atoms with van der Waals surface area (Å²) in [6.45, 7) is 2.21. The first-order valence-corrected chi connectivity index (χ1v) is 8.24. The van der Waals surface area contributed by atoms with E-state index in [1.807, 2.05) is 6.92 Å². The second-order valence-electron chi connectivity index (χ2n) is 4.61. The van der Waals surface area contributed by atoms with Gasteiger partial charge in [-0.3, -0.25) is 4.98 Å². The van der Waals surface area contributed by atoms with Crippen LogP contribution in [-0.4, -0.2) is 25.8 Å². The lowest BCUT2D eigenvalue weighted by atomic mass is 10.2. The zero-order valence-corrected chi connectivity index (χ0v) is 12.6. The maximum Gasteiger partial charge on any atom is 0.181 e. The molecule has 0 saturated heterocycles. The molecule has 0 aliphatic rings. The van der Waals surface area contributed by atoms with Crippen LogP contribution in [0.4, 0.5) is 0 Å². The number of nitrogens with two attached hydrogens (primary N) is 1. The predicted octanol–water partition coefficient (Wildman–Crippen LogP) is 1.70. The van der Waals surface area contributed by atoms with Gasteiger partial charge in [0.15, 0.2) is 9.84 Å². The van der Waals surface area contributed by atoms with E-state index in [-0.39, 0.29) is 17.3 Å². The van der Waals surface area contributed by atoms with Crippen LogP contribution >= 0.6 is 0 Å². The van der Waals surface area contributed by atoms with Crippen molar-refractivity contribution in [3.05, 3.63) is 53.9 Å². The molecule has 0 spiro atoms. The summed E-state index contributed by atoms with van der Waals surface area (Å²) in [5.74, 6) is 0.512. The van der Waals surface area contributed by atoms with Gasteiger partial charge in [0.05, 0.1) is 16.3 Å². The number of nitrogens with zero attached hydrogens (tertiary/aromatic N) is 1. The first kappa shape index (κ1) is 15.5. The normalized spacial score (nSPS) is 11.3. The molecule has 1 heterocycles. The summed E-state index contributed by atoms with van der Waals surface area (Å²) in [5, 5.41) is 0. The van der Waals surface area contributed by atoms with Gasteiger partial charge in [0, 0.05) is 12.7 Å². The van der Waals surface area contributed by atoms with Crippen molar-refractivity contribution in [3.8, 4) is 5.75 Å². The third-order valence-electron chi connectivity index (χ3n) is 3.06. The molecule has 6 heteroatoms. The van der Waals surface area contributed by atoms with Crippen molar-refractivity contribution in [2.75, 3.05) is 12.4 Å². The monoisotopic (exact) mass is 306 g/mol. The van der Waals surface area contributed by atoms with Crippen molar-refractivity contribution in [2.45, 2.75) is 18.4 Å². The molecule has 1 aromatic carbocycles. The quantitative estimate of drug-likeness (QED) is 0.878. The average Bonchev–Trinajstić information content (AvgIpc) is 2.49. The number of ether oxygens (including phenoxy) is 1. The number of pyridine rings is 1. The van der Waals surface area contributed by atoms with E-state index in [9.17, 15) is 8.42 Å². The van der Waals surface area contributed by atoms with E-state index in [4.69, 9.17) is 10.5 Å². The summed E-state index contributed by atoms with van der Waals surface area (Å²) in [6, 6.07) is 10.2. The summed E-state index contributed by atoms with van der Waals surface area (Å²) < 4.78 is 30.0. The van der Waals surface area contributed by atoms with Gasteiger partial charge in [-0.05, 0) is 36.8 Å². The van der Waals surface area contributed by atoms with Crippen molar-refractivity contribution in [1.82, 2.24) is 4.98 Å². The summed E-state index contributed by atoms with van der Waals surface area (Å²) in [7, 11) is -3.38. The van der Waals surface area contributed by atoms with Gasteiger partial charge >= 0.3 is 0 Å². The van der Waals surface area contributed by atoms with Crippen LogP contribution in [0.15, 0.2) is 47.5 Å². The van der Waals surface area contributed by atoms with Gasteiger partial charge < -0.3 is 10.5 Å². The lowest BCUT2D eigenvalue weighted by Gasteiger charge is -2.09. The molecule has 0 amide bonds. The van der Waals surface area contributed by atoms with Gasteiger partial charge in [-0.15, -0.1) is 0 Å². The molecule has 0 aliphatic heterocycles. The third kappa shape index (κ3) is 4.03. The Bertz CT molecular complexity index is 714. The molecule has 112 valence electrons. The van der Waals surface area contributed by atoms with Gasteiger partial charge in [0.25, 0.3) is 0 Å². The first-order valence-electron chi connectivity index (χ1n) is 6.59. The van der Waals surface area contributed by atoms with Gasteiger partial charge in [0.2, 0.25) is 0 Å². The molecule has 0 radical (unpaired) electrons. The van der Waals surface area contributed by atoms with Crippen molar-refractivity contribution in [3.63, 3.8) is 0 Å². The Morgan fingerprint density at radius 3 is 2.76 bits per heavy atom. The van der Waals surface area contributed by atoms with Gasteiger partial charge in [-0.2, -0.15) is 0 Å². The molecule has 0 fully saturated rings. The van der Waals surface area contributed by atoms with E-state index in [0.29, 0.717) is 12.3 Å². The Balaban J connectivity index is 2.03. The van der Waals surface area contributed by atoms with Crippen LogP contribution in [0.25, 0.3) is 0 Å². The topological polar surface area (TPSA) is 82.3 Å². The number of hydrogen-bond acceptors (Lipinski definition) is 5. The van der Waals surface area contributed by atoms with E-state index in [1.165, 1.54) is 0 Å². The summed E-state index contributed by atoms with van der Waals surface area (Å²) in [6.07, 6.45) is 1.66. The number of aromatic nitrogens is 1. The molecule has 0 saturated carbocycles. The van der Waals surface area contributed by atoms with Crippen LogP contribution in [0.2, 0.25) is 0 Å². The molecule has 2 N–H and O–H groups in total. The van der Waals surface area contributed by atoms with Crippen LogP contribution in [0.3, 0.4) is 0 Å². The van der Waals surface area contributed by atoms with E-state index in [2.05, 4.69) is 4.98 Å². The Labute approximate surface area is 124 Å². The molecule has 0 unspecified atom stereocenters. The molecular weight excluding hydrogens is 288 g/mol. The maximum atomic E-state index is 12.2. The van der Waals surface area contributed by atoms with E-state index < -0.39 is 9.84 Å². The lowest BCUT2D eigenvalue weighted by Crippen LogP contribution is -2.15.